The van der Waals surface area contributed by atoms with Crippen molar-refractivity contribution in [1.82, 2.24) is 4.98 Å². The minimum atomic E-state index is 0.771. The number of hydrogen-bond donors (Lipinski definition) is 1. The van der Waals surface area contributed by atoms with Crippen LogP contribution in [0.2, 0.25) is 0 Å². The van der Waals surface area contributed by atoms with Crippen molar-refractivity contribution in [3.63, 3.8) is 0 Å². The average Bonchev–Trinajstić information content (AvgIpc) is 2.40. The number of fused-ring (bicyclic) bond motifs is 1. The Kier molecular flexibility index (Phi) is 2.26. The van der Waals surface area contributed by atoms with Gasteiger partial charge in [0.15, 0.2) is 0 Å². The molecule has 0 radical (unpaired) electrons. The lowest BCUT2D eigenvalue weighted by atomic mass is 10.0. The highest BCUT2D eigenvalue weighted by Gasteiger charge is 2.05. The van der Waals surface area contributed by atoms with Crippen molar-refractivity contribution in [3.05, 3.63) is 60.9 Å². The van der Waals surface area contributed by atoms with Gasteiger partial charge in [-0.15, -0.1) is 0 Å². The number of aromatic nitrogens is 1. The molecule has 1 aromatic heterocycles. The first-order valence-corrected chi connectivity index (χ1v) is 5.54. The average molecular weight is 220 g/mol. The number of nitrogen functional groups attached to an aromatic ring is 1. The van der Waals surface area contributed by atoms with Crippen LogP contribution in [0.3, 0.4) is 0 Å². The predicted octanol–water partition coefficient (Wildman–Crippen LogP) is 3.48. The summed E-state index contributed by atoms with van der Waals surface area (Å²) in [7, 11) is 0. The molecule has 0 saturated carbocycles. The van der Waals surface area contributed by atoms with Crippen molar-refractivity contribution in [2.75, 3.05) is 5.73 Å². The number of anilines is 1. The van der Waals surface area contributed by atoms with Gasteiger partial charge in [0, 0.05) is 29.0 Å². The summed E-state index contributed by atoms with van der Waals surface area (Å²) in [6, 6.07) is 16.2. The molecule has 0 saturated heterocycles. The second-order valence-electron chi connectivity index (χ2n) is 4.00. The van der Waals surface area contributed by atoms with Crippen LogP contribution in [0, 0.1) is 0 Å². The van der Waals surface area contributed by atoms with Gasteiger partial charge in [-0.1, -0.05) is 42.5 Å². The first-order chi connectivity index (χ1) is 8.36. The van der Waals surface area contributed by atoms with Gasteiger partial charge in [-0.25, -0.2) is 0 Å². The minimum Gasteiger partial charge on any atom is -0.398 e. The lowest BCUT2D eigenvalue weighted by Gasteiger charge is -2.07. The van der Waals surface area contributed by atoms with Gasteiger partial charge in [-0.3, -0.25) is 4.98 Å². The maximum Gasteiger partial charge on any atom is 0.0409 e. The first-order valence-electron chi connectivity index (χ1n) is 5.54. The molecule has 2 aromatic carbocycles. The van der Waals surface area contributed by atoms with E-state index in [2.05, 4.69) is 23.2 Å². The standard InChI is InChI=1S/C15H12N2/c16-15-8-4-7-12-13(9-17-10-14(12)15)11-5-2-1-3-6-11/h1-10H,16H2. The number of benzene rings is 2. The summed E-state index contributed by atoms with van der Waals surface area (Å²) in [5, 5.41) is 2.15. The highest BCUT2D eigenvalue weighted by molar-refractivity contribution is 6.01. The Morgan fingerprint density at radius 3 is 2.41 bits per heavy atom. The molecule has 3 aromatic rings. The Bertz CT molecular complexity index is 660. The van der Waals surface area contributed by atoms with E-state index in [4.69, 9.17) is 5.73 Å². The molecule has 2 N–H and O–H groups in total. The molecule has 82 valence electrons. The van der Waals surface area contributed by atoms with Crippen LogP contribution in [0.25, 0.3) is 21.9 Å². The molecule has 1 heterocycles. The number of nitrogens with zero attached hydrogens (tertiary/aromatic N) is 1. The molecule has 0 atom stereocenters. The Morgan fingerprint density at radius 1 is 0.765 bits per heavy atom. The van der Waals surface area contributed by atoms with Crippen molar-refractivity contribution in [1.29, 1.82) is 0 Å². The number of pyridine rings is 1. The zero-order valence-corrected chi connectivity index (χ0v) is 9.30. The van der Waals surface area contributed by atoms with Crippen molar-refractivity contribution in [2.45, 2.75) is 0 Å². The van der Waals surface area contributed by atoms with Gasteiger partial charge in [0.1, 0.15) is 0 Å². The quantitative estimate of drug-likeness (QED) is 0.637. The largest absolute Gasteiger partial charge is 0.398 e. The summed E-state index contributed by atoms with van der Waals surface area (Å²) in [6.07, 6.45) is 3.70. The van der Waals surface area contributed by atoms with E-state index in [9.17, 15) is 0 Å². The maximum absolute atomic E-state index is 5.96. The van der Waals surface area contributed by atoms with E-state index in [0.29, 0.717) is 0 Å². The third kappa shape index (κ3) is 1.64. The fraction of sp³-hybridized carbons (Fsp3) is 0. The molecule has 0 aliphatic heterocycles. The van der Waals surface area contributed by atoms with E-state index in [0.717, 1.165) is 27.6 Å². The minimum absolute atomic E-state index is 0.771. The summed E-state index contributed by atoms with van der Waals surface area (Å²) >= 11 is 0. The second kappa shape index (κ2) is 3.91. The van der Waals surface area contributed by atoms with Crippen LogP contribution in [0.1, 0.15) is 0 Å². The zero-order valence-electron chi connectivity index (χ0n) is 9.30. The van der Waals surface area contributed by atoms with Gasteiger partial charge >= 0.3 is 0 Å². The Hall–Kier alpha value is -2.35. The molecule has 3 rings (SSSR count). The molecule has 0 unspecified atom stereocenters. The van der Waals surface area contributed by atoms with Gasteiger partial charge in [-0.05, 0) is 17.0 Å². The molecule has 17 heavy (non-hydrogen) atoms. The van der Waals surface area contributed by atoms with Gasteiger partial charge in [0.2, 0.25) is 0 Å². The van der Waals surface area contributed by atoms with E-state index in [1.54, 1.807) is 0 Å². The Labute approximate surface area is 99.7 Å². The molecular weight excluding hydrogens is 208 g/mol. The highest BCUT2D eigenvalue weighted by Crippen LogP contribution is 2.29. The monoisotopic (exact) mass is 220 g/mol. The third-order valence-electron chi connectivity index (χ3n) is 2.92. The topological polar surface area (TPSA) is 38.9 Å². The molecule has 0 spiro atoms. The summed E-state index contributed by atoms with van der Waals surface area (Å²) in [5.41, 5.74) is 9.02. The normalized spacial score (nSPS) is 10.6. The highest BCUT2D eigenvalue weighted by atomic mass is 14.6. The molecule has 0 aliphatic carbocycles. The molecule has 2 heteroatoms. The van der Waals surface area contributed by atoms with E-state index < -0.39 is 0 Å². The maximum atomic E-state index is 5.96. The molecule has 0 amide bonds. The van der Waals surface area contributed by atoms with Crippen molar-refractivity contribution < 1.29 is 0 Å². The zero-order chi connectivity index (χ0) is 11.7. The third-order valence-corrected chi connectivity index (χ3v) is 2.92. The molecule has 0 bridgehead atoms. The summed E-state index contributed by atoms with van der Waals surface area (Å²) in [4.78, 5) is 4.27. The first kappa shape index (κ1) is 9.85. The van der Waals surface area contributed by atoms with Crippen molar-refractivity contribution >= 4 is 16.5 Å². The van der Waals surface area contributed by atoms with Gasteiger partial charge in [-0.2, -0.15) is 0 Å². The van der Waals surface area contributed by atoms with Crippen molar-refractivity contribution in [2.24, 2.45) is 0 Å². The van der Waals surface area contributed by atoms with E-state index in [1.165, 1.54) is 0 Å². The lowest BCUT2D eigenvalue weighted by Crippen LogP contribution is -1.89. The molecule has 0 aliphatic rings. The van der Waals surface area contributed by atoms with Crippen LogP contribution in [0.15, 0.2) is 60.9 Å². The van der Waals surface area contributed by atoms with E-state index in [1.807, 2.05) is 42.7 Å². The summed E-state index contributed by atoms with van der Waals surface area (Å²) in [5.74, 6) is 0. The van der Waals surface area contributed by atoms with Crippen LogP contribution in [-0.2, 0) is 0 Å². The van der Waals surface area contributed by atoms with Gasteiger partial charge in [0.05, 0.1) is 0 Å². The van der Waals surface area contributed by atoms with E-state index >= 15 is 0 Å². The number of hydrogen-bond acceptors (Lipinski definition) is 2. The summed E-state index contributed by atoms with van der Waals surface area (Å²) in [6.45, 7) is 0. The van der Waals surface area contributed by atoms with Crippen LogP contribution in [0.5, 0.6) is 0 Å². The number of nitrogens with two attached hydrogens (primary N) is 1. The lowest BCUT2D eigenvalue weighted by molar-refractivity contribution is 1.36. The molecular formula is C15H12N2. The second-order valence-corrected chi connectivity index (χ2v) is 4.00. The van der Waals surface area contributed by atoms with Crippen LogP contribution in [-0.4, -0.2) is 4.98 Å². The number of rotatable bonds is 1. The van der Waals surface area contributed by atoms with E-state index in [-0.39, 0.29) is 0 Å². The molecule has 2 nitrogen and oxygen atoms in total. The predicted molar refractivity (Wildman–Crippen MR) is 71.6 cm³/mol. The van der Waals surface area contributed by atoms with Gasteiger partial charge in [0.25, 0.3) is 0 Å². The summed E-state index contributed by atoms with van der Waals surface area (Å²) < 4.78 is 0. The van der Waals surface area contributed by atoms with Crippen molar-refractivity contribution in [3.8, 4) is 11.1 Å². The van der Waals surface area contributed by atoms with Crippen LogP contribution >= 0.6 is 0 Å². The SMILES string of the molecule is Nc1cccc2c(-c3ccccc3)cncc12. The Morgan fingerprint density at radius 2 is 1.59 bits per heavy atom. The van der Waals surface area contributed by atoms with Crippen LogP contribution < -0.4 is 5.73 Å². The smallest absolute Gasteiger partial charge is 0.0409 e. The Balaban J connectivity index is 2.35. The fourth-order valence-electron chi connectivity index (χ4n) is 2.07. The van der Waals surface area contributed by atoms with Crippen LogP contribution in [0.4, 0.5) is 5.69 Å². The molecule has 0 fully saturated rings. The van der Waals surface area contributed by atoms with Gasteiger partial charge < -0.3 is 5.73 Å². The fourth-order valence-corrected chi connectivity index (χ4v) is 2.07.